The molecular formula is C14H21ClNO2+. The van der Waals surface area contributed by atoms with E-state index in [0.29, 0.717) is 6.61 Å². The maximum absolute atomic E-state index is 9.92. The molecule has 3 nitrogen and oxygen atoms in total. The molecule has 100 valence electrons. The molecule has 0 amide bonds. The van der Waals surface area contributed by atoms with Gasteiger partial charge in [0.1, 0.15) is 25.0 Å². The van der Waals surface area contributed by atoms with Gasteiger partial charge in [-0.1, -0.05) is 11.6 Å². The van der Waals surface area contributed by atoms with E-state index in [0.717, 1.165) is 22.9 Å². The largest absolute Gasteiger partial charge is 0.491 e. The fraction of sp³-hybridized carbons (Fsp3) is 0.571. The molecule has 1 aliphatic rings. The topological polar surface area (TPSA) is 33.9 Å². The molecule has 0 spiro atoms. The van der Waals surface area contributed by atoms with Crippen LogP contribution in [0.5, 0.6) is 5.75 Å². The number of hydrogen-bond acceptors (Lipinski definition) is 2. The van der Waals surface area contributed by atoms with Crippen molar-refractivity contribution in [2.75, 3.05) is 26.2 Å². The summed E-state index contributed by atoms with van der Waals surface area (Å²) in [5.41, 5.74) is 0.994. The van der Waals surface area contributed by atoms with Crippen LogP contribution in [0.25, 0.3) is 0 Å². The van der Waals surface area contributed by atoms with Crippen molar-refractivity contribution in [1.29, 1.82) is 0 Å². The first-order valence-corrected chi connectivity index (χ1v) is 6.93. The summed E-state index contributed by atoms with van der Waals surface area (Å²) < 4.78 is 5.59. The number of quaternary nitrogens is 1. The minimum Gasteiger partial charge on any atom is -0.491 e. The Bertz CT molecular complexity index is 391. The number of likely N-dealkylation sites (tertiary alicyclic amines) is 1. The Morgan fingerprint density at radius 1 is 1.39 bits per heavy atom. The minimum atomic E-state index is -0.394. The van der Waals surface area contributed by atoms with Crippen LogP contribution >= 0.6 is 11.6 Å². The average Bonchev–Trinajstić information content (AvgIpc) is 2.83. The van der Waals surface area contributed by atoms with Crippen LogP contribution in [0.1, 0.15) is 18.4 Å². The van der Waals surface area contributed by atoms with Crippen LogP contribution in [0, 0.1) is 6.92 Å². The molecule has 1 atom stereocenters. The van der Waals surface area contributed by atoms with Crippen molar-refractivity contribution in [3.8, 4) is 5.75 Å². The molecule has 2 rings (SSSR count). The molecule has 4 heteroatoms. The van der Waals surface area contributed by atoms with Gasteiger partial charge in [-0.15, -0.1) is 0 Å². The number of aliphatic hydroxyl groups is 1. The zero-order valence-corrected chi connectivity index (χ0v) is 11.5. The molecule has 1 fully saturated rings. The maximum atomic E-state index is 9.92. The maximum Gasteiger partial charge on any atom is 0.137 e. The predicted molar refractivity (Wildman–Crippen MR) is 72.5 cm³/mol. The van der Waals surface area contributed by atoms with Crippen molar-refractivity contribution in [3.05, 3.63) is 28.8 Å². The van der Waals surface area contributed by atoms with E-state index in [9.17, 15) is 5.11 Å². The Balaban J connectivity index is 1.77. The third-order valence-electron chi connectivity index (χ3n) is 3.41. The number of hydrogen-bond donors (Lipinski definition) is 2. The van der Waals surface area contributed by atoms with Gasteiger partial charge in [-0.3, -0.25) is 0 Å². The van der Waals surface area contributed by atoms with E-state index in [-0.39, 0.29) is 0 Å². The van der Waals surface area contributed by atoms with E-state index < -0.39 is 6.10 Å². The highest BCUT2D eigenvalue weighted by molar-refractivity contribution is 6.31. The molecule has 0 bridgehead atoms. The SMILES string of the molecule is Cc1cc(OC[C@@H](O)C[NH+]2CCCC2)ccc1Cl. The molecule has 0 aromatic heterocycles. The molecule has 0 aliphatic carbocycles. The number of benzene rings is 1. The second-order valence-corrected chi connectivity index (χ2v) is 5.44. The zero-order chi connectivity index (χ0) is 13.0. The number of aryl methyl sites for hydroxylation is 1. The van der Waals surface area contributed by atoms with Crippen molar-refractivity contribution in [3.63, 3.8) is 0 Å². The monoisotopic (exact) mass is 270 g/mol. The molecule has 2 N–H and O–H groups in total. The van der Waals surface area contributed by atoms with Crippen molar-refractivity contribution in [2.24, 2.45) is 0 Å². The van der Waals surface area contributed by atoms with Gasteiger partial charge in [-0.05, 0) is 30.7 Å². The van der Waals surface area contributed by atoms with Gasteiger partial charge in [0.05, 0.1) is 13.1 Å². The summed E-state index contributed by atoms with van der Waals surface area (Å²) in [7, 11) is 0. The van der Waals surface area contributed by atoms with Crippen molar-refractivity contribution < 1.29 is 14.7 Å². The van der Waals surface area contributed by atoms with Gasteiger partial charge >= 0.3 is 0 Å². The van der Waals surface area contributed by atoms with Gasteiger partial charge in [-0.25, -0.2) is 0 Å². The summed E-state index contributed by atoms with van der Waals surface area (Å²) in [6, 6.07) is 5.56. The van der Waals surface area contributed by atoms with Crippen LogP contribution in [0.3, 0.4) is 0 Å². The second kappa shape index (κ2) is 6.41. The van der Waals surface area contributed by atoms with Crippen molar-refractivity contribution in [2.45, 2.75) is 25.9 Å². The van der Waals surface area contributed by atoms with Gasteiger partial charge in [0, 0.05) is 17.9 Å². The zero-order valence-electron chi connectivity index (χ0n) is 10.8. The molecule has 1 aromatic rings. The number of halogens is 1. The van der Waals surface area contributed by atoms with Gasteiger partial charge in [0.2, 0.25) is 0 Å². The summed E-state index contributed by atoms with van der Waals surface area (Å²) in [4.78, 5) is 1.48. The predicted octanol–water partition coefficient (Wildman–Crippen LogP) is 1.07. The Hall–Kier alpha value is -0.770. The lowest BCUT2D eigenvalue weighted by molar-refractivity contribution is -0.890. The Morgan fingerprint density at radius 3 is 2.78 bits per heavy atom. The highest BCUT2D eigenvalue weighted by atomic mass is 35.5. The summed E-state index contributed by atoms with van der Waals surface area (Å²) in [6.07, 6.45) is 2.16. The number of aliphatic hydroxyl groups excluding tert-OH is 1. The Labute approximate surface area is 113 Å². The summed E-state index contributed by atoms with van der Waals surface area (Å²) in [5.74, 6) is 0.771. The van der Waals surface area contributed by atoms with Crippen LogP contribution in [0.15, 0.2) is 18.2 Å². The lowest BCUT2D eigenvalue weighted by atomic mass is 10.2. The second-order valence-electron chi connectivity index (χ2n) is 5.04. The third-order valence-corrected chi connectivity index (χ3v) is 3.83. The highest BCUT2D eigenvalue weighted by Crippen LogP contribution is 2.20. The van der Waals surface area contributed by atoms with Crippen molar-refractivity contribution in [1.82, 2.24) is 0 Å². The van der Waals surface area contributed by atoms with Crippen LogP contribution in [-0.2, 0) is 0 Å². The molecule has 0 unspecified atom stereocenters. The quantitative estimate of drug-likeness (QED) is 0.839. The van der Waals surface area contributed by atoms with Crippen LogP contribution < -0.4 is 9.64 Å². The smallest absolute Gasteiger partial charge is 0.137 e. The molecule has 1 saturated heterocycles. The fourth-order valence-electron chi connectivity index (χ4n) is 2.37. The number of rotatable bonds is 5. The first kappa shape index (κ1) is 13.7. The molecule has 1 aromatic carbocycles. The van der Waals surface area contributed by atoms with Gasteiger partial charge < -0.3 is 14.7 Å². The summed E-state index contributed by atoms with van der Waals surface area (Å²) in [5, 5.41) is 10.7. The number of nitrogens with one attached hydrogen (secondary N) is 1. The molecule has 0 radical (unpaired) electrons. The normalized spacial score (nSPS) is 17.9. The minimum absolute atomic E-state index is 0.352. The van der Waals surface area contributed by atoms with Crippen molar-refractivity contribution >= 4 is 11.6 Å². The first-order valence-electron chi connectivity index (χ1n) is 6.56. The van der Waals surface area contributed by atoms with Crippen LogP contribution in [0.2, 0.25) is 5.02 Å². The third kappa shape index (κ3) is 3.87. The highest BCUT2D eigenvalue weighted by Gasteiger charge is 2.19. The number of ether oxygens (including phenoxy) is 1. The van der Waals surface area contributed by atoms with E-state index in [1.807, 2.05) is 25.1 Å². The van der Waals surface area contributed by atoms with Crippen LogP contribution in [-0.4, -0.2) is 37.5 Å². The fourth-order valence-corrected chi connectivity index (χ4v) is 2.49. The first-order chi connectivity index (χ1) is 8.65. The molecule has 18 heavy (non-hydrogen) atoms. The van der Waals surface area contributed by atoms with Gasteiger partial charge in [-0.2, -0.15) is 0 Å². The molecule has 1 aliphatic heterocycles. The summed E-state index contributed by atoms with van der Waals surface area (Å²) >= 11 is 5.95. The van der Waals surface area contributed by atoms with E-state index in [1.165, 1.54) is 30.8 Å². The lowest BCUT2D eigenvalue weighted by Gasteiger charge is -2.17. The Morgan fingerprint density at radius 2 is 2.11 bits per heavy atom. The molecular weight excluding hydrogens is 250 g/mol. The van der Waals surface area contributed by atoms with Gasteiger partial charge in [0.25, 0.3) is 0 Å². The average molecular weight is 271 g/mol. The molecule has 1 heterocycles. The van der Waals surface area contributed by atoms with E-state index in [2.05, 4.69) is 0 Å². The standard InChI is InChI=1S/C14H20ClNO2/c1-11-8-13(4-5-14(11)15)18-10-12(17)9-16-6-2-3-7-16/h4-5,8,12,17H,2-3,6-7,9-10H2,1H3/p+1/t12-/m0/s1. The van der Waals surface area contributed by atoms with E-state index >= 15 is 0 Å². The van der Waals surface area contributed by atoms with Crippen LogP contribution in [0.4, 0.5) is 0 Å². The van der Waals surface area contributed by atoms with Gasteiger partial charge in [0.15, 0.2) is 0 Å². The Kier molecular flexibility index (Phi) is 4.87. The van der Waals surface area contributed by atoms with E-state index in [4.69, 9.17) is 16.3 Å². The lowest BCUT2D eigenvalue weighted by Crippen LogP contribution is -3.11. The van der Waals surface area contributed by atoms with E-state index in [1.54, 1.807) is 0 Å². The molecule has 0 saturated carbocycles. The summed E-state index contributed by atoms with van der Waals surface area (Å²) in [6.45, 7) is 5.44.